The first-order chi connectivity index (χ1) is 8.16. The molecule has 1 aromatic heterocycles. The molecule has 3 nitrogen and oxygen atoms in total. The summed E-state index contributed by atoms with van der Waals surface area (Å²) in [5.41, 5.74) is 2.22. The van der Waals surface area contributed by atoms with E-state index in [-0.39, 0.29) is 5.91 Å². The van der Waals surface area contributed by atoms with Crippen molar-refractivity contribution in [1.29, 1.82) is 0 Å². The minimum atomic E-state index is -0.196. The number of aryl methyl sites for hydroxylation is 1. The molecule has 1 N–H and O–H groups in total. The fraction of sp³-hybridized carbons (Fsp3) is 0.0769. The van der Waals surface area contributed by atoms with Gasteiger partial charge in [-0.05, 0) is 36.8 Å². The van der Waals surface area contributed by atoms with Gasteiger partial charge in [0.2, 0.25) is 0 Å². The number of hydrogen-bond donors (Lipinski definition) is 1. The molecule has 0 saturated heterocycles. The highest BCUT2D eigenvalue weighted by atomic mass is 35.5. The third-order valence-electron chi connectivity index (χ3n) is 2.32. The molecule has 86 valence electrons. The monoisotopic (exact) mass is 246 g/mol. The molecule has 0 atom stereocenters. The van der Waals surface area contributed by atoms with Crippen LogP contribution in [0.15, 0.2) is 42.7 Å². The molecule has 0 unspecified atom stereocenters. The average Bonchev–Trinajstić information content (AvgIpc) is 2.34. The van der Waals surface area contributed by atoms with Crippen LogP contribution in [0.2, 0.25) is 5.02 Å². The molecule has 0 spiro atoms. The second-order valence-corrected chi connectivity index (χ2v) is 4.08. The zero-order valence-electron chi connectivity index (χ0n) is 9.27. The fourth-order valence-electron chi connectivity index (χ4n) is 1.42. The molecular weight excluding hydrogens is 236 g/mol. The molecule has 2 rings (SSSR count). The Balaban J connectivity index is 2.19. The van der Waals surface area contributed by atoms with Gasteiger partial charge in [0.25, 0.3) is 5.91 Å². The van der Waals surface area contributed by atoms with E-state index >= 15 is 0 Å². The molecule has 17 heavy (non-hydrogen) atoms. The topological polar surface area (TPSA) is 42.0 Å². The van der Waals surface area contributed by atoms with E-state index < -0.39 is 0 Å². The number of hydrogen-bond acceptors (Lipinski definition) is 2. The summed E-state index contributed by atoms with van der Waals surface area (Å²) < 4.78 is 0. The highest BCUT2D eigenvalue weighted by molar-refractivity contribution is 6.34. The summed E-state index contributed by atoms with van der Waals surface area (Å²) >= 11 is 6.03. The van der Waals surface area contributed by atoms with Crippen LogP contribution in [0.5, 0.6) is 0 Å². The van der Waals surface area contributed by atoms with Gasteiger partial charge in [-0.2, -0.15) is 0 Å². The van der Waals surface area contributed by atoms with Gasteiger partial charge in [-0.3, -0.25) is 9.78 Å². The Morgan fingerprint density at radius 1 is 1.24 bits per heavy atom. The average molecular weight is 247 g/mol. The third-order valence-corrected chi connectivity index (χ3v) is 2.63. The first-order valence-electron chi connectivity index (χ1n) is 5.14. The fourth-order valence-corrected chi connectivity index (χ4v) is 1.70. The van der Waals surface area contributed by atoms with Crippen molar-refractivity contribution in [1.82, 2.24) is 4.98 Å². The van der Waals surface area contributed by atoms with E-state index in [4.69, 9.17) is 11.6 Å². The van der Waals surface area contributed by atoms with Crippen molar-refractivity contribution in [3.63, 3.8) is 0 Å². The van der Waals surface area contributed by atoms with Gasteiger partial charge in [-0.25, -0.2) is 0 Å². The number of carbonyl (C=O) groups is 1. The first-order valence-corrected chi connectivity index (χ1v) is 5.52. The number of nitrogens with one attached hydrogen (secondary N) is 1. The number of benzene rings is 1. The Bertz CT molecular complexity index is 540. The summed E-state index contributed by atoms with van der Waals surface area (Å²) in [6, 6.07) is 8.80. The summed E-state index contributed by atoms with van der Waals surface area (Å²) in [5.74, 6) is -0.196. The molecule has 0 bridgehead atoms. The number of carbonyl (C=O) groups excluding carboxylic acids is 1. The van der Waals surface area contributed by atoms with Crippen LogP contribution in [0.1, 0.15) is 15.9 Å². The van der Waals surface area contributed by atoms with E-state index in [9.17, 15) is 4.79 Å². The van der Waals surface area contributed by atoms with Crippen molar-refractivity contribution in [3.8, 4) is 0 Å². The number of amides is 1. The van der Waals surface area contributed by atoms with Crippen molar-refractivity contribution in [2.75, 3.05) is 5.32 Å². The maximum absolute atomic E-state index is 11.9. The lowest BCUT2D eigenvalue weighted by atomic mass is 10.2. The number of rotatable bonds is 2. The maximum Gasteiger partial charge on any atom is 0.255 e. The van der Waals surface area contributed by atoms with Crippen LogP contribution in [0.3, 0.4) is 0 Å². The molecule has 0 saturated carbocycles. The normalized spacial score (nSPS) is 10.0. The van der Waals surface area contributed by atoms with Crippen molar-refractivity contribution >= 4 is 23.2 Å². The largest absolute Gasteiger partial charge is 0.321 e. The van der Waals surface area contributed by atoms with E-state index in [0.717, 1.165) is 5.56 Å². The Morgan fingerprint density at radius 3 is 2.59 bits per heavy atom. The molecule has 4 heteroatoms. The Kier molecular flexibility index (Phi) is 3.40. The van der Waals surface area contributed by atoms with Gasteiger partial charge < -0.3 is 5.32 Å². The van der Waals surface area contributed by atoms with E-state index in [0.29, 0.717) is 16.3 Å². The minimum absolute atomic E-state index is 0.196. The second-order valence-electron chi connectivity index (χ2n) is 3.67. The molecule has 0 aliphatic carbocycles. The predicted molar refractivity (Wildman–Crippen MR) is 68.4 cm³/mol. The number of nitrogens with zero attached hydrogens (tertiary/aromatic N) is 1. The molecule has 0 radical (unpaired) electrons. The molecule has 1 aromatic carbocycles. The van der Waals surface area contributed by atoms with Gasteiger partial charge >= 0.3 is 0 Å². The smallest absolute Gasteiger partial charge is 0.255 e. The zero-order valence-corrected chi connectivity index (χ0v) is 10.0. The molecule has 1 amide bonds. The lowest BCUT2D eigenvalue weighted by Crippen LogP contribution is -2.12. The van der Waals surface area contributed by atoms with E-state index in [2.05, 4.69) is 10.3 Å². The van der Waals surface area contributed by atoms with E-state index in [1.165, 1.54) is 0 Å². The summed E-state index contributed by atoms with van der Waals surface area (Å²) in [7, 11) is 0. The second kappa shape index (κ2) is 4.97. The van der Waals surface area contributed by atoms with Gasteiger partial charge in [0.1, 0.15) is 0 Å². The Labute approximate surface area is 104 Å². The van der Waals surface area contributed by atoms with Crippen LogP contribution in [-0.4, -0.2) is 10.9 Å². The SMILES string of the molecule is Cc1ccc(NC(=O)c2ccncc2)c(Cl)c1. The van der Waals surface area contributed by atoms with Crippen LogP contribution in [-0.2, 0) is 0 Å². The quantitative estimate of drug-likeness (QED) is 0.884. The van der Waals surface area contributed by atoms with Gasteiger partial charge in [0.15, 0.2) is 0 Å². The maximum atomic E-state index is 11.9. The van der Waals surface area contributed by atoms with Crippen molar-refractivity contribution in [2.45, 2.75) is 6.92 Å². The van der Waals surface area contributed by atoms with Gasteiger partial charge in [-0.1, -0.05) is 17.7 Å². The van der Waals surface area contributed by atoms with Crippen LogP contribution in [0.25, 0.3) is 0 Å². The van der Waals surface area contributed by atoms with Crippen molar-refractivity contribution < 1.29 is 4.79 Å². The number of aromatic nitrogens is 1. The molecule has 1 heterocycles. The van der Waals surface area contributed by atoms with Crippen molar-refractivity contribution in [2.24, 2.45) is 0 Å². The summed E-state index contributed by atoms with van der Waals surface area (Å²) in [5, 5.41) is 3.29. The third kappa shape index (κ3) is 2.82. The summed E-state index contributed by atoms with van der Waals surface area (Å²) in [6.45, 7) is 1.94. The molecule has 0 aliphatic rings. The highest BCUT2D eigenvalue weighted by Gasteiger charge is 2.07. The van der Waals surface area contributed by atoms with E-state index in [1.54, 1.807) is 30.6 Å². The molecule has 2 aromatic rings. The van der Waals surface area contributed by atoms with Gasteiger partial charge in [0.05, 0.1) is 10.7 Å². The Morgan fingerprint density at radius 2 is 1.94 bits per heavy atom. The van der Waals surface area contributed by atoms with Crippen molar-refractivity contribution in [3.05, 3.63) is 58.9 Å². The first kappa shape index (κ1) is 11.6. The predicted octanol–water partition coefficient (Wildman–Crippen LogP) is 3.30. The summed E-state index contributed by atoms with van der Waals surface area (Å²) in [4.78, 5) is 15.7. The molecular formula is C13H11ClN2O. The number of anilines is 1. The standard InChI is InChI=1S/C13H11ClN2O/c1-9-2-3-12(11(14)8-9)16-13(17)10-4-6-15-7-5-10/h2-8H,1H3,(H,16,17). The zero-order chi connectivity index (χ0) is 12.3. The number of halogens is 1. The Hall–Kier alpha value is -1.87. The molecule has 0 aliphatic heterocycles. The van der Waals surface area contributed by atoms with Crippen LogP contribution >= 0.6 is 11.6 Å². The highest BCUT2D eigenvalue weighted by Crippen LogP contribution is 2.23. The summed E-state index contributed by atoms with van der Waals surface area (Å²) in [6.07, 6.45) is 3.15. The van der Waals surface area contributed by atoms with E-state index in [1.807, 2.05) is 19.1 Å². The number of pyridine rings is 1. The molecule has 0 fully saturated rings. The lowest BCUT2D eigenvalue weighted by Gasteiger charge is -2.07. The van der Waals surface area contributed by atoms with Crippen LogP contribution in [0, 0.1) is 6.92 Å². The van der Waals surface area contributed by atoms with Gasteiger partial charge in [-0.15, -0.1) is 0 Å². The van der Waals surface area contributed by atoms with Gasteiger partial charge in [0, 0.05) is 18.0 Å². The van der Waals surface area contributed by atoms with Crippen LogP contribution < -0.4 is 5.32 Å². The lowest BCUT2D eigenvalue weighted by molar-refractivity contribution is 0.102. The van der Waals surface area contributed by atoms with Crippen LogP contribution in [0.4, 0.5) is 5.69 Å². The minimum Gasteiger partial charge on any atom is -0.321 e.